The highest BCUT2D eigenvalue weighted by Gasteiger charge is 2.19. The Morgan fingerprint density at radius 3 is 2.68 bits per heavy atom. The largest absolute Gasteiger partial charge is 0.353 e. The summed E-state index contributed by atoms with van der Waals surface area (Å²) in [5.74, 6) is -2.44. The predicted molar refractivity (Wildman–Crippen MR) is 106 cm³/mol. The van der Waals surface area contributed by atoms with E-state index >= 15 is 0 Å². The second kappa shape index (κ2) is 8.14. The first-order valence-corrected chi connectivity index (χ1v) is 9.78. The van der Waals surface area contributed by atoms with Crippen molar-refractivity contribution < 1.29 is 13.6 Å². The van der Waals surface area contributed by atoms with Gasteiger partial charge in [-0.15, -0.1) is 0 Å². The maximum Gasteiger partial charge on any atom is 0.278 e. The van der Waals surface area contributed by atoms with Crippen LogP contribution >= 0.6 is 11.8 Å². The predicted octanol–water partition coefficient (Wildman–Crippen LogP) is 4.01. The number of halogens is 2. The number of aromatic nitrogens is 3. The van der Waals surface area contributed by atoms with E-state index in [-0.39, 0.29) is 17.4 Å². The van der Waals surface area contributed by atoms with Crippen molar-refractivity contribution in [3.63, 3.8) is 0 Å². The van der Waals surface area contributed by atoms with Gasteiger partial charge in [0, 0.05) is 11.7 Å². The van der Waals surface area contributed by atoms with E-state index in [1.807, 2.05) is 20.8 Å². The molecule has 0 fully saturated rings. The van der Waals surface area contributed by atoms with Crippen LogP contribution in [0.5, 0.6) is 0 Å². The lowest BCUT2D eigenvalue weighted by Gasteiger charge is -2.17. The van der Waals surface area contributed by atoms with Crippen LogP contribution in [0.15, 0.2) is 34.2 Å². The van der Waals surface area contributed by atoms with Crippen molar-refractivity contribution in [2.75, 3.05) is 11.1 Å². The zero-order valence-electron chi connectivity index (χ0n) is 15.7. The fourth-order valence-corrected chi connectivity index (χ4v) is 3.68. The summed E-state index contributed by atoms with van der Waals surface area (Å²) in [6.07, 6.45) is 0.701. The topological polar surface area (TPSA) is 79.8 Å². The van der Waals surface area contributed by atoms with Crippen molar-refractivity contribution in [3.05, 3.63) is 51.9 Å². The van der Waals surface area contributed by atoms with Gasteiger partial charge in [0.25, 0.3) is 5.56 Å². The number of amides is 1. The summed E-state index contributed by atoms with van der Waals surface area (Å²) in [7, 11) is 0. The summed E-state index contributed by atoms with van der Waals surface area (Å²) in [6, 6.07) is 4.99. The fraction of sp³-hybridized carbons (Fsp3) is 0.316. The first kappa shape index (κ1) is 20.1. The number of nitrogens with zero attached hydrogens (tertiary/aromatic N) is 2. The molecule has 0 saturated carbocycles. The van der Waals surface area contributed by atoms with Crippen molar-refractivity contribution in [1.82, 2.24) is 14.5 Å². The average molecular weight is 406 g/mol. The molecular formula is C19H20F2N4O2S. The third kappa shape index (κ3) is 3.94. The number of anilines is 1. The number of carbonyl (C=O) groups is 1. The number of aromatic amines is 1. The lowest BCUT2D eigenvalue weighted by atomic mass is 10.2. The third-order valence-electron chi connectivity index (χ3n) is 4.38. The molecule has 3 aromatic rings. The number of hydrogen-bond acceptors (Lipinski definition) is 4. The van der Waals surface area contributed by atoms with E-state index in [9.17, 15) is 18.4 Å². The van der Waals surface area contributed by atoms with Crippen LogP contribution in [-0.4, -0.2) is 26.2 Å². The minimum atomic E-state index is -0.850. The molecule has 1 amide bonds. The summed E-state index contributed by atoms with van der Waals surface area (Å²) in [5, 5.41) is 2.62. The molecule has 28 heavy (non-hydrogen) atoms. The number of thioether (sulfide) groups is 1. The summed E-state index contributed by atoms with van der Waals surface area (Å²) in [5.41, 5.74) is 1.04. The van der Waals surface area contributed by atoms with Crippen LogP contribution in [0.3, 0.4) is 0 Å². The van der Waals surface area contributed by atoms with Gasteiger partial charge in [-0.3, -0.25) is 14.2 Å². The molecule has 0 aliphatic heterocycles. The van der Waals surface area contributed by atoms with Crippen LogP contribution in [0, 0.1) is 18.6 Å². The normalized spacial score (nSPS) is 12.3. The maximum atomic E-state index is 13.7. The molecule has 2 aromatic heterocycles. The van der Waals surface area contributed by atoms with E-state index in [0.29, 0.717) is 22.6 Å². The lowest BCUT2D eigenvalue weighted by molar-refractivity contribution is -0.113. The summed E-state index contributed by atoms with van der Waals surface area (Å²) >= 11 is 1.05. The van der Waals surface area contributed by atoms with Gasteiger partial charge in [-0.1, -0.05) is 24.8 Å². The molecule has 1 atom stereocenters. The highest BCUT2D eigenvalue weighted by molar-refractivity contribution is 7.99. The standard InChI is InChI=1S/C19H20F2N4O2S/c1-4-11(3)25-18(27)17-14(8-10(2)22-17)23-19(25)28-9-15(26)24-16-12(20)6-5-7-13(16)21/h5-8,11,22H,4,9H2,1-3H3,(H,24,26)/t11-/m1/s1. The second-order valence-electron chi connectivity index (χ2n) is 6.47. The first-order chi connectivity index (χ1) is 13.3. The van der Waals surface area contributed by atoms with E-state index in [1.165, 1.54) is 6.07 Å². The quantitative estimate of drug-likeness (QED) is 0.479. The van der Waals surface area contributed by atoms with Crippen LogP contribution in [0.25, 0.3) is 11.0 Å². The first-order valence-electron chi connectivity index (χ1n) is 8.80. The number of hydrogen-bond donors (Lipinski definition) is 2. The average Bonchev–Trinajstić information content (AvgIpc) is 3.03. The lowest BCUT2D eigenvalue weighted by Crippen LogP contribution is -2.27. The van der Waals surface area contributed by atoms with Gasteiger partial charge in [0.15, 0.2) is 5.16 Å². The molecule has 0 spiro atoms. The molecule has 0 unspecified atom stereocenters. The second-order valence-corrected chi connectivity index (χ2v) is 7.42. The maximum absolute atomic E-state index is 13.7. The smallest absolute Gasteiger partial charge is 0.278 e. The van der Waals surface area contributed by atoms with Gasteiger partial charge in [0.05, 0.1) is 11.3 Å². The number of nitrogens with one attached hydrogen (secondary N) is 2. The number of para-hydroxylation sites is 1. The van der Waals surface area contributed by atoms with Gasteiger partial charge >= 0.3 is 0 Å². The molecule has 3 rings (SSSR count). The number of benzene rings is 1. The third-order valence-corrected chi connectivity index (χ3v) is 5.33. The van der Waals surface area contributed by atoms with E-state index in [1.54, 1.807) is 10.6 Å². The molecule has 2 N–H and O–H groups in total. The summed E-state index contributed by atoms with van der Waals surface area (Å²) in [6.45, 7) is 5.67. The van der Waals surface area contributed by atoms with E-state index < -0.39 is 23.2 Å². The molecule has 1 aromatic carbocycles. The number of aryl methyl sites for hydroxylation is 1. The molecule has 0 radical (unpaired) electrons. The zero-order valence-corrected chi connectivity index (χ0v) is 16.5. The van der Waals surface area contributed by atoms with Crippen molar-refractivity contribution in [2.45, 2.75) is 38.4 Å². The van der Waals surface area contributed by atoms with Crippen molar-refractivity contribution in [2.24, 2.45) is 0 Å². The summed E-state index contributed by atoms with van der Waals surface area (Å²) in [4.78, 5) is 32.6. The van der Waals surface area contributed by atoms with E-state index in [2.05, 4.69) is 15.3 Å². The Morgan fingerprint density at radius 2 is 2.04 bits per heavy atom. The van der Waals surface area contributed by atoms with Gasteiger partial charge in [0.2, 0.25) is 5.91 Å². The van der Waals surface area contributed by atoms with Crippen molar-refractivity contribution >= 4 is 34.4 Å². The van der Waals surface area contributed by atoms with Crippen LogP contribution < -0.4 is 10.9 Å². The molecule has 0 aliphatic carbocycles. The Bertz CT molecular complexity index is 1070. The molecular weight excluding hydrogens is 386 g/mol. The van der Waals surface area contributed by atoms with Crippen molar-refractivity contribution in [1.29, 1.82) is 0 Å². The van der Waals surface area contributed by atoms with Crippen LogP contribution in [0.2, 0.25) is 0 Å². The monoisotopic (exact) mass is 406 g/mol. The molecule has 6 nitrogen and oxygen atoms in total. The van der Waals surface area contributed by atoms with Gasteiger partial charge in [-0.2, -0.15) is 0 Å². The van der Waals surface area contributed by atoms with Crippen molar-refractivity contribution in [3.8, 4) is 0 Å². The Balaban J connectivity index is 1.87. The molecule has 9 heteroatoms. The Labute approximate surface area is 164 Å². The Morgan fingerprint density at radius 1 is 1.36 bits per heavy atom. The minimum absolute atomic E-state index is 0.123. The molecule has 0 saturated heterocycles. The molecule has 0 bridgehead atoms. The van der Waals surface area contributed by atoms with Crippen LogP contribution in [0.1, 0.15) is 32.0 Å². The van der Waals surface area contributed by atoms with Gasteiger partial charge in [-0.25, -0.2) is 13.8 Å². The van der Waals surface area contributed by atoms with Crippen LogP contribution in [-0.2, 0) is 4.79 Å². The Kier molecular flexibility index (Phi) is 5.83. The van der Waals surface area contributed by atoms with Gasteiger partial charge in [-0.05, 0) is 38.5 Å². The minimum Gasteiger partial charge on any atom is -0.353 e. The number of fused-ring (bicyclic) bond motifs is 1. The van der Waals surface area contributed by atoms with Gasteiger partial charge < -0.3 is 10.3 Å². The summed E-state index contributed by atoms with van der Waals surface area (Å²) < 4.78 is 28.9. The van der Waals surface area contributed by atoms with Gasteiger partial charge in [0.1, 0.15) is 22.8 Å². The zero-order chi connectivity index (χ0) is 20.4. The number of carbonyl (C=O) groups excluding carboxylic acids is 1. The number of rotatable bonds is 6. The van der Waals surface area contributed by atoms with Crippen LogP contribution in [0.4, 0.5) is 14.5 Å². The highest BCUT2D eigenvalue weighted by atomic mass is 32.2. The Hall–Kier alpha value is -2.68. The highest BCUT2D eigenvalue weighted by Crippen LogP contribution is 2.24. The number of H-pyrrole nitrogens is 1. The molecule has 148 valence electrons. The molecule has 2 heterocycles. The van der Waals surface area contributed by atoms with E-state index in [0.717, 1.165) is 29.6 Å². The van der Waals surface area contributed by atoms with E-state index in [4.69, 9.17) is 0 Å². The molecule has 0 aliphatic rings. The fourth-order valence-electron chi connectivity index (χ4n) is 2.79. The SMILES string of the molecule is CC[C@@H](C)n1c(SCC(=O)Nc2c(F)cccc2F)nc2cc(C)[nH]c2c1=O.